The summed E-state index contributed by atoms with van der Waals surface area (Å²) in [7, 11) is -3.55. The fourth-order valence-corrected chi connectivity index (χ4v) is 3.79. The Kier molecular flexibility index (Phi) is 4.73. The third-order valence-corrected chi connectivity index (χ3v) is 5.40. The molecule has 3 aromatic rings. The van der Waals surface area contributed by atoms with E-state index in [2.05, 4.69) is 0 Å². The molecule has 3 rings (SSSR count). The maximum atomic E-state index is 13.5. The van der Waals surface area contributed by atoms with Crippen LogP contribution in [0.25, 0.3) is 0 Å². The second kappa shape index (κ2) is 6.94. The molecule has 0 bridgehead atoms. The quantitative estimate of drug-likeness (QED) is 0.594. The molecule has 0 radical (unpaired) electrons. The first-order valence-electron chi connectivity index (χ1n) is 7.73. The average molecular weight is 338 g/mol. The molecule has 0 heterocycles. The molecular weight excluding hydrogens is 319 g/mol. The highest BCUT2D eigenvalue weighted by Gasteiger charge is 2.31. The molecule has 0 aliphatic carbocycles. The number of hydrogen-bond donors (Lipinski definition) is 0. The maximum Gasteiger partial charge on any atom is 0.462 e. The highest BCUT2D eigenvalue weighted by atomic mass is 31.2. The molecule has 122 valence electrons. The minimum Gasteiger partial charge on any atom is -0.413 e. The van der Waals surface area contributed by atoms with Crippen LogP contribution in [0.1, 0.15) is 11.1 Å². The van der Waals surface area contributed by atoms with Gasteiger partial charge in [0, 0.05) is 0 Å². The van der Waals surface area contributed by atoms with Gasteiger partial charge in [0.1, 0.15) is 11.5 Å². The van der Waals surface area contributed by atoms with Crippen LogP contribution >= 0.6 is 7.60 Å². The summed E-state index contributed by atoms with van der Waals surface area (Å²) in [5.74, 6) is 1.03. The fraction of sp³-hybridized carbons (Fsp3) is 0.100. The summed E-state index contributed by atoms with van der Waals surface area (Å²) in [4.78, 5) is 0. The first kappa shape index (κ1) is 16.4. The van der Waals surface area contributed by atoms with Gasteiger partial charge in [0.2, 0.25) is 0 Å². The van der Waals surface area contributed by atoms with E-state index in [1.165, 1.54) is 0 Å². The van der Waals surface area contributed by atoms with Gasteiger partial charge in [-0.15, -0.1) is 0 Å². The van der Waals surface area contributed by atoms with Gasteiger partial charge in [-0.3, -0.25) is 0 Å². The third-order valence-electron chi connectivity index (χ3n) is 3.57. The van der Waals surface area contributed by atoms with Gasteiger partial charge in [0.25, 0.3) is 0 Å². The van der Waals surface area contributed by atoms with Crippen molar-refractivity contribution < 1.29 is 13.6 Å². The van der Waals surface area contributed by atoms with Crippen molar-refractivity contribution in [3.63, 3.8) is 0 Å². The largest absolute Gasteiger partial charge is 0.462 e. The van der Waals surface area contributed by atoms with E-state index >= 15 is 0 Å². The van der Waals surface area contributed by atoms with Gasteiger partial charge < -0.3 is 9.05 Å². The predicted octanol–water partition coefficient (Wildman–Crippen LogP) is 5.28. The topological polar surface area (TPSA) is 35.5 Å². The predicted molar refractivity (Wildman–Crippen MR) is 97.3 cm³/mol. The summed E-state index contributed by atoms with van der Waals surface area (Å²) in [5, 5.41) is 0.520. The lowest BCUT2D eigenvalue weighted by Gasteiger charge is -2.20. The van der Waals surface area contributed by atoms with E-state index in [9.17, 15) is 4.57 Å². The maximum absolute atomic E-state index is 13.5. The second-order valence-electron chi connectivity index (χ2n) is 5.64. The Morgan fingerprint density at radius 2 is 1.04 bits per heavy atom. The fourth-order valence-electron chi connectivity index (χ4n) is 2.21. The zero-order valence-corrected chi connectivity index (χ0v) is 14.6. The van der Waals surface area contributed by atoms with Crippen molar-refractivity contribution in [2.45, 2.75) is 13.8 Å². The van der Waals surface area contributed by atoms with Crippen molar-refractivity contribution in [3.05, 3.63) is 90.0 Å². The lowest BCUT2D eigenvalue weighted by molar-refractivity contribution is 0.399. The van der Waals surface area contributed by atoms with E-state index in [1.54, 1.807) is 36.4 Å². The first-order valence-corrected chi connectivity index (χ1v) is 9.28. The van der Waals surface area contributed by atoms with Crippen molar-refractivity contribution >= 4 is 12.9 Å². The molecule has 0 aliphatic rings. The summed E-state index contributed by atoms with van der Waals surface area (Å²) in [6, 6.07) is 23.8. The number of aryl methyl sites for hydroxylation is 2. The molecule has 24 heavy (non-hydrogen) atoms. The minimum atomic E-state index is -3.55. The van der Waals surface area contributed by atoms with Gasteiger partial charge >= 0.3 is 7.60 Å². The van der Waals surface area contributed by atoms with Gasteiger partial charge in [0.05, 0.1) is 5.30 Å². The zero-order valence-electron chi connectivity index (χ0n) is 13.7. The standard InChI is InChI=1S/C20H19O3P/c1-16-8-12-18(13-9-16)22-24(21,20-6-4-3-5-7-20)23-19-14-10-17(2)11-15-19/h3-15H,1-2H3. The number of benzene rings is 3. The van der Waals surface area contributed by atoms with E-state index in [0.29, 0.717) is 16.8 Å². The van der Waals surface area contributed by atoms with Crippen LogP contribution in [0.15, 0.2) is 78.9 Å². The van der Waals surface area contributed by atoms with Crippen LogP contribution in [-0.4, -0.2) is 0 Å². The molecule has 3 nitrogen and oxygen atoms in total. The molecule has 0 saturated carbocycles. The SMILES string of the molecule is Cc1ccc(OP(=O)(Oc2ccc(C)cc2)c2ccccc2)cc1. The van der Waals surface area contributed by atoms with Crippen molar-refractivity contribution in [1.82, 2.24) is 0 Å². The summed E-state index contributed by atoms with van der Waals surface area (Å²) < 4.78 is 25.1. The number of rotatable bonds is 5. The minimum absolute atomic E-state index is 0.514. The molecule has 0 amide bonds. The lowest BCUT2D eigenvalue weighted by Crippen LogP contribution is -2.14. The van der Waals surface area contributed by atoms with Crippen LogP contribution in [-0.2, 0) is 4.57 Å². The molecule has 0 aliphatic heterocycles. The molecule has 0 atom stereocenters. The Labute approximate surface area is 142 Å². The Morgan fingerprint density at radius 1 is 0.625 bits per heavy atom. The molecule has 0 spiro atoms. The summed E-state index contributed by atoms with van der Waals surface area (Å²) in [6.45, 7) is 3.98. The van der Waals surface area contributed by atoms with E-state index in [4.69, 9.17) is 9.05 Å². The summed E-state index contributed by atoms with van der Waals surface area (Å²) in [6.07, 6.45) is 0. The molecule has 0 N–H and O–H groups in total. The van der Waals surface area contributed by atoms with Gasteiger partial charge in [0.15, 0.2) is 0 Å². The van der Waals surface area contributed by atoms with E-state index in [0.717, 1.165) is 11.1 Å². The van der Waals surface area contributed by atoms with Crippen molar-refractivity contribution in [1.29, 1.82) is 0 Å². The van der Waals surface area contributed by atoms with Crippen LogP contribution < -0.4 is 14.4 Å². The van der Waals surface area contributed by atoms with Gasteiger partial charge in [-0.1, -0.05) is 53.6 Å². The first-order chi connectivity index (χ1) is 11.5. The van der Waals surface area contributed by atoms with E-state index in [1.807, 2.05) is 56.3 Å². The zero-order chi connectivity index (χ0) is 17.0. The highest BCUT2D eigenvalue weighted by molar-refractivity contribution is 7.63. The molecule has 0 fully saturated rings. The van der Waals surface area contributed by atoms with E-state index in [-0.39, 0.29) is 0 Å². The molecule has 0 saturated heterocycles. The van der Waals surface area contributed by atoms with Crippen LogP contribution in [0.3, 0.4) is 0 Å². The van der Waals surface area contributed by atoms with Crippen molar-refractivity contribution in [2.24, 2.45) is 0 Å². The average Bonchev–Trinajstić information content (AvgIpc) is 2.60. The van der Waals surface area contributed by atoms with Gasteiger partial charge in [-0.05, 0) is 50.2 Å². The van der Waals surface area contributed by atoms with Crippen LogP contribution in [0, 0.1) is 13.8 Å². The smallest absolute Gasteiger partial charge is 0.413 e. The highest BCUT2D eigenvalue weighted by Crippen LogP contribution is 2.47. The monoisotopic (exact) mass is 338 g/mol. The number of hydrogen-bond acceptors (Lipinski definition) is 3. The van der Waals surface area contributed by atoms with Crippen molar-refractivity contribution in [2.75, 3.05) is 0 Å². The van der Waals surface area contributed by atoms with Crippen LogP contribution in [0.2, 0.25) is 0 Å². The molecule has 0 unspecified atom stereocenters. The summed E-state index contributed by atoms with van der Waals surface area (Å²) >= 11 is 0. The van der Waals surface area contributed by atoms with E-state index < -0.39 is 7.60 Å². The van der Waals surface area contributed by atoms with Crippen LogP contribution in [0.5, 0.6) is 11.5 Å². The Balaban J connectivity index is 1.95. The van der Waals surface area contributed by atoms with Crippen molar-refractivity contribution in [3.8, 4) is 11.5 Å². The lowest BCUT2D eigenvalue weighted by atomic mass is 10.2. The third kappa shape index (κ3) is 3.87. The van der Waals surface area contributed by atoms with Crippen LogP contribution in [0.4, 0.5) is 0 Å². The Bertz CT molecular complexity index is 789. The second-order valence-corrected chi connectivity index (χ2v) is 7.52. The normalized spacial score (nSPS) is 11.1. The summed E-state index contributed by atoms with van der Waals surface area (Å²) in [5.41, 5.74) is 2.22. The Morgan fingerprint density at radius 3 is 1.46 bits per heavy atom. The Hall–Kier alpha value is -2.51. The molecular formula is C20H19O3P. The molecule has 3 aromatic carbocycles. The molecule has 0 aromatic heterocycles. The molecule has 4 heteroatoms. The van der Waals surface area contributed by atoms with Gasteiger partial charge in [-0.2, -0.15) is 0 Å². The van der Waals surface area contributed by atoms with Gasteiger partial charge in [-0.25, -0.2) is 4.57 Å².